The highest BCUT2D eigenvalue weighted by molar-refractivity contribution is 6.04. The van der Waals surface area contributed by atoms with E-state index < -0.39 is 0 Å². The number of amides is 1. The standard InChI is InChI=1S/C36H39N7O2/c1-22(44)37-25-9-7-8-24(18-25)26-19-27-30(20-32(26)43-14-5-2-6-15-43)41-36(45)33(35-39-28-10-3-4-11-29(28)40-35)34(27)38-31-21-42-16-12-23(31)13-17-42/h3-4,7-11,18-20,23,31H,2,5-6,12-17,21H2,1H3,(H,37,44)(H,39,40)(H2,38,41,45)/t31-/m0/s1. The Bertz CT molecular complexity index is 1930. The van der Waals surface area contributed by atoms with E-state index >= 15 is 0 Å². The van der Waals surface area contributed by atoms with Crippen molar-refractivity contribution in [3.63, 3.8) is 0 Å². The maximum atomic E-state index is 14.1. The van der Waals surface area contributed by atoms with Crippen LogP contribution in [0.25, 0.3) is 44.5 Å². The Morgan fingerprint density at radius 1 is 0.911 bits per heavy atom. The number of imidazole rings is 1. The molecule has 9 rings (SSSR count). The average Bonchev–Trinajstić information content (AvgIpc) is 3.49. The largest absolute Gasteiger partial charge is 0.379 e. The molecule has 4 aliphatic rings. The van der Waals surface area contributed by atoms with Crippen molar-refractivity contribution in [3.05, 3.63) is 71.0 Å². The van der Waals surface area contributed by atoms with Crippen molar-refractivity contribution in [1.82, 2.24) is 19.9 Å². The van der Waals surface area contributed by atoms with Gasteiger partial charge < -0.3 is 30.4 Å². The first-order valence-electron chi connectivity index (χ1n) is 16.3. The molecule has 9 heteroatoms. The van der Waals surface area contributed by atoms with Gasteiger partial charge in [-0.15, -0.1) is 0 Å². The van der Waals surface area contributed by atoms with Gasteiger partial charge in [0.2, 0.25) is 5.91 Å². The molecule has 0 radical (unpaired) electrons. The number of carbonyl (C=O) groups excluding carboxylic acids is 1. The van der Waals surface area contributed by atoms with Gasteiger partial charge in [0.15, 0.2) is 0 Å². The monoisotopic (exact) mass is 601 g/mol. The van der Waals surface area contributed by atoms with Crippen molar-refractivity contribution in [2.75, 3.05) is 48.3 Å². The highest BCUT2D eigenvalue weighted by Crippen LogP contribution is 2.41. The molecule has 230 valence electrons. The number of para-hydroxylation sites is 2. The number of aromatic amines is 2. The molecule has 4 N–H and O–H groups in total. The van der Waals surface area contributed by atoms with Gasteiger partial charge >= 0.3 is 0 Å². The van der Waals surface area contributed by atoms with Crippen molar-refractivity contribution in [2.24, 2.45) is 5.92 Å². The number of hydrogen-bond acceptors (Lipinski definition) is 6. The number of aromatic nitrogens is 3. The summed E-state index contributed by atoms with van der Waals surface area (Å²) in [5.41, 5.74) is 7.72. The molecule has 3 aromatic carbocycles. The lowest BCUT2D eigenvalue weighted by molar-refractivity contribution is -0.114. The predicted molar refractivity (Wildman–Crippen MR) is 182 cm³/mol. The van der Waals surface area contributed by atoms with Gasteiger partial charge in [0.05, 0.1) is 22.2 Å². The summed E-state index contributed by atoms with van der Waals surface area (Å²) in [6.07, 6.45) is 5.83. The summed E-state index contributed by atoms with van der Waals surface area (Å²) in [6, 6.07) is 20.6. The molecular formula is C36H39N7O2. The van der Waals surface area contributed by atoms with Gasteiger partial charge in [0, 0.05) is 54.9 Å². The molecule has 4 fully saturated rings. The minimum atomic E-state index is -0.157. The number of piperidine rings is 4. The smallest absolute Gasteiger partial charge is 0.261 e. The van der Waals surface area contributed by atoms with Gasteiger partial charge in [-0.2, -0.15) is 0 Å². The predicted octanol–water partition coefficient (Wildman–Crippen LogP) is 6.19. The molecule has 45 heavy (non-hydrogen) atoms. The van der Waals surface area contributed by atoms with E-state index in [0.29, 0.717) is 17.3 Å². The fourth-order valence-electron chi connectivity index (χ4n) is 7.69. The number of hydrogen-bond donors (Lipinski definition) is 4. The highest BCUT2D eigenvalue weighted by Gasteiger charge is 2.35. The Morgan fingerprint density at radius 2 is 1.73 bits per heavy atom. The van der Waals surface area contributed by atoms with Crippen LogP contribution in [0.3, 0.4) is 0 Å². The number of pyridine rings is 1. The second kappa shape index (κ2) is 11.4. The van der Waals surface area contributed by atoms with Crippen molar-refractivity contribution < 1.29 is 4.79 Å². The second-order valence-corrected chi connectivity index (χ2v) is 12.9. The van der Waals surface area contributed by atoms with Crippen LogP contribution in [-0.2, 0) is 4.79 Å². The first kappa shape index (κ1) is 27.9. The van der Waals surface area contributed by atoms with Gasteiger partial charge in [-0.25, -0.2) is 4.98 Å². The molecule has 2 aromatic heterocycles. The molecule has 4 aliphatic heterocycles. The maximum absolute atomic E-state index is 14.1. The summed E-state index contributed by atoms with van der Waals surface area (Å²) in [4.78, 5) is 42.6. The van der Waals surface area contributed by atoms with E-state index in [1.54, 1.807) is 0 Å². The number of anilines is 3. The first-order valence-corrected chi connectivity index (χ1v) is 16.3. The van der Waals surface area contributed by atoms with Gasteiger partial charge in [0.25, 0.3) is 5.56 Å². The molecule has 0 spiro atoms. The fraction of sp³-hybridized carbons (Fsp3) is 0.361. The van der Waals surface area contributed by atoms with Crippen molar-refractivity contribution in [2.45, 2.75) is 45.1 Å². The first-order chi connectivity index (χ1) is 22.0. The Hall–Kier alpha value is -4.63. The van der Waals surface area contributed by atoms with Gasteiger partial charge in [0.1, 0.15) is 11.4 Å². The van der Waals surface area contributed by atoms with Gasteiger partial charge in [-0.3, -0.25) is 9.59 Å². The Kier molecular flexibility index (Phi) is 7.05. The van der Waals surface area contributed by atoms with Crippen molar-refractivity contribution >= 4 is 44.9 Å². The third kappa shape index (κ3) is 5.25. The summed E-state index contributed by atoms with van der Waals surface area (Å²) in [5.74, 6) is 1.03. The average molecular weight is 602 g/mol. The third-order valence-electron chi connectivity index (χ3n) is 9.93. The molecule has 0 saturated carbocycles. The van der Waals surface area contributed by atoms with E-state index in [4.69, 9.17) is 4.98 Å². The van der Waals surface area contributed by atoms with Gasteiger partial charge in [-0.05, 0) is 93.1 Å². The van der Waals surface area contributed by atoms with Crippen molar-refractivity contribution in [3.8, 4) is 22.5 Å². The van der Waals surface area contributed by atoms with E-state index in [1.165, 1.54) is 26.2 Å². The zero-order valence-corrected chi connectivity index (χ0v) is 25.7. The van der Waals surface area contributed by atoms with E-state index in [2.05, 4.69) is 48.6 Å². The van der Waals surface area contributed by atoms with Crippen LogP contribution < -0.4 is 21.1 Å². The summed E-state index contributed by atoms with van der Waals surface area (Å²) in [6.45, 7) is 6.72. The summed E-state index contributed by atoms with van der Waals surface area (Å²) in [7, 11) is 0. The van der Waals surface area contributed by atoms with E-state index in [0.717, 1.165) is 95.7 Å². The molecule has 0 unspecified atom stereocenters. The molecule has 4 saturated heterocycles. The van der Waals surface area contributed by atoms with Crippen LogP contribution in [-0.4, -0.2) is 64.5 Å². The minimum absolute atomic E-state index is 0.0982. The normalized spacial score (nSPS) is 21.4. The lowest BCUT2D eigenvalue weighted by Crippen LogP contribution is -2.53. The number of carbonyl (C=O) groups is 1. The fourth-order valence-corrected chi connectivity index (χ4v) is 7.69. The molecule has 2 bridgehead atoms. The van der Waals surface area contributed by atoms with E-state index in [1.807, 2.05) is 42.5 Å². The molecule has 1 amide bonds. The number of fused-ring (bicyclic) bond motifs is 5. The van der Waals surface area contributed by atoms with E-state index in [-0.39, 0.29) is 17.5 Å². The lowest BCUT2D eigenvalue weighted by Gasteiger charge is -2.45. The Labute approximate surface area is 262 Å². The maximum Gasteiger partial charge on any atom is 0.261 e. The van der Waals surface area contributed by atoms with Crippen LogP contribution >= 0.6 is 0 Å². The van der Waals surface area contributed by atoms with Crippen LogP contribution in [0, 0.1) is 5.92 Å². The van der Waals surface area contributed by atoms with Gasteiger partial charge in [-0.1, -0.05) is 24.3 Å². The molecule has 9 nitrogen and oxygen atoms in total. The van der Waals surface area contributed by atoms with Crippen LogP contribution in [0.4, 0.5) is 17.1 Å². The van der Waals surface area contributed by atoms with Crippen molar-refractivity contribution in [1.29, 1.82) is 0 Å². The third-order valence-corrected chi connectivity index (χ3v) is 9.93. The SMILES string of the molecule is CC(=O)Nc1cccc(-c2cc3c(N[C@H]4CN5CCC4CC5)c(-c4nc5ccccc5[nH]4)c(=O)[nH]c3cc2N2CCCCC2)c1. The summed E-state index contributed by atoms with van der Waals surface area (Å²) < 4.78 is 0. The second-order valence-electron chi connectivity index (χ2n) is 12.9. The lowest BCUT2D eigenvalue weighted by atomic mass is 9.83. The topological polar surface area (TPSA) is 109 Å². The summed E-state index contributed by atoms with van der Waals surface area (Å²) in [5, 5.41) is 7.84. The number of nitrogens with one attached hydrogen (secondary N) is 4. The number of rotatable bonds is 6. The zero-order valence-electron chi connectivity index (χ0n) is 25.7. The molecular weight excluding hydrogens is 562 g/mol. The molecule has 0 aliphatic carbocycles. The van der Waals surface area contributed by atoms with E-state index in [9.17, 15) is 9.59 Å². The Morgan fingerprint density at radius 3 is 2.49 bits per heavy atom. The number of benzene rings is 3. The molecule has 5 aromatic rings. The zero-order chi connectivity index (χ0) is 30.5. The summed E-state index contributed by atoms with van der Waals surface area (Å²) >= 11 is 0. The number of nitrogens with zero attached hydrogens (tertiary/aromatic N) is 3. The Balaban J connectivity index is 1.36. The number of H-pyrrole nitrogens is 2. The van der Waals surface area contributed by atoms with Crippen LogP contribution in [0.5, 0.6) is 0 Å². The minimum Gasteiger partial charge on any atom is -0.379 e. The van der Waals surface area contributed by atoms with Crippen LogP contribution in [0.2, 0.25) is 0 Å². The van der Waals surface area contributed by atoms with Crippen LogP contribution in [0.15, 0.2) is 65.5 Å². The molecule has 1 atom stereocenters. The highest BCUT2D eigenvalue weighted by atomic mass is 16.1. The van der Waals surface area contributed by atoms with Crippen LogP contribution in [0.1, 0.15) is 39.0 Å². The molecule has 6 heterocycles. The quantitative estimate of drug-likeness (QED) is 0.185.